The number of hydrogen-bond donors (Lipinski definition) is 1. The molecule has 2 N–H and O–H groups in total. The molecule has 0 spiro atoms. The minimum Gasteiger partial charge on any atom is -0.561 e. The van der Waals surface area contributed by atoms with Gasteiger partial charge in [-0.3, -0.25) is 0 Å². The van der Waals surface area contributed by atoms with E-state index in [-0.39, 0.29) is 17.2 Å². The molecule has 101 valence electrons. The van der Waals surface area contributed by atoms with Gasteiger partial charge in [0.2, 0.25) is 0 Å². The van der Waals surface area contributed by atoms with Crippen LogP contribution in [0.5, 0.6) is 0 Å². The van der Waals surface area contributed by atoms with E-state index in [9.17, 15) is 0 Å². The van der Waals surface area contributed by atoms with Crippen LogP contribution in [-0.2, 0) is 10.8 Å². The largest absolute Gasteiger partial charge is 0.561 e. The van der Waals surface area contributed by atoms with Gasteiger partial charge in [-0.15, -0.1) is 18.1 Å². The number of fused-ring (bicyclic) bond motifs is 1. The van der Waals surface area contributed by atoms with Crippen molar-refractivity contribution in [3.05, 3.63) is 35.4 Å². The highest BCUT2D eigenvalue weighted by molar-refractivity contribution is 6.74. The van der Waals surface area contributed by atoms with Gasteiger partial charge in [-0.05, 0) is 25.9 Å². The Hall–Kier alpha value is -0.643. The summed E-state index contributed by atoms with van der Waals surface area (Å²) < 4.78 is 6.47. The Bertz CT molecular complexity index is 436. The predicted molar refractivity (Wildman–Crippen MR) is 79.1 cm³/mol. The van der Waals surface area contributed by atoms with Crippen LogP contribution in [-0.4, -0.2) is 14.4 Å². The predicted octanol–water partition coefficient (Wildman–Crippen LogP) is 3.63. The number of rotatable bonds is 2. The highest BCUT2D eigenvalue weighted by Gasteiger charge is 2.34. The Kier molecular flexibility index (Phi) is 3.43. The Balaban J connectivity index is 2.16. The van der Waals surface area contributed by atoms with Gasteiger partial charge in [0.05, 0.1) is 6.04 Å². The summed E-state index contributed by atoms with van der Waals surface area (Å²) in [6, 6.07) is 8.49. The van der Waals surface area contributed by atoms with Gasteiger partial charge in [0.25, 0.3) is 0 Å². The topological polar surface area (TPSA) is 35.2 Å². The zero-order valence-electron chi connectivity index (χ0n) is 12.2. The molecule has 0 aromatic heterocycles. The molecule has 0 radical (unpaired) electrons. The Labute approximate surface area is 112 Å². The Morgan fingerprint density at radius 1 is 1.22 bits per heavy atom. The second-order valence-electron chi connectivity index (χ2n) is 6.85. The molecule has 1 aromatic rings. The summed E-state index contributed by atoms with van der Waals surface area (Å²) >= 11 is 0. The van der Waals surface area contributed by atoms with Crippen molar-refractivity contribution in [1.82, 2.24) is 0 Å². The molecule has 1 aromatic carbocycles. The van der Waals surface area contributed by atoms with Crippen molar-refractivity contribution in [3.8, 4) is 0 Å². The Morgan fingerprint density at radius 3 is 2.39 bits per heavy atom. The molecular formula is C15H25NOSi-. The fourth-order valence-corrected chi connectivity index (χ4v) is 3.60. The van der Waals surface area contributed by atoms with Gasteiger partial charge in [0.1, 0.15) is 0 Å². The lowest BCUT2D eigenvalue weighted by atomic mass is 10.1. The van der Waals surface area contributed by atoms with Crippen molar-refractivity contribution in [2.75, 3.05) is 0 Å². The van der Waals surface area contributed by atoms with Crippen LogP contribution in [0.15, 0.2) is 24.3 Å². The van der Waals surface area contributed by atoms with Gasteiger partial charge in [0, 0.05) is 6.10 Å². The van der Waals surface area contributed by atoms with E-state index in [1.54, 1.807) is 0 Å². The maximum Gasteiger partial charge on any atom is 0.0529 e. The van der Waals surface area contributed by atoms with E-state index in [2.05, 4.69) is 58.1 Å². The van der Waals surface area contributed by atoms with E-state index >= 15 is 0 Å². The third-order valence-corrected chi connectivity index (χ3v) is 8.99. The SMILES string of the molecule is CC(C)(C)[Si-](C)(C)OC1Cc2ccccc2[C@H]1N. The number of nitrogens with two attached hydrogens (primary N) is 1. The Morgan fingerprint density at radius 2 is 1.83 bits per heavy atom. The second-order valence-corrected chi connectivity index (χ2v) is 11.6. The highest BCUT2D eigenvalue weighted by atomic mass is 28.4. The van der Waals surface area contributed by atoms with Gasteiger partial charge in [-0.2, -0.15) is 0 Å². The molecule has 0 amide bonds. The molecule has 3 heteroatoms. The van der Waals surface area contributed by atoms with Gasteiger partial charge in [-0.1, -0.05) is 45.0 Å². The van der Waals surface area contributed by atoms with Gasteiger partial charge >= 0.3 is 0 Å². The van der Waals surface area contributed by atoms with Crippen molar-refractivity contribution < 1.29 is 4.43 Å². The molecule has 2 atom stereocenters. The lowest BCUT2D eigenvalue weighted by Gasteiger charge is -2.51. The average Bonchev–Trinajstić information content (AvgIpc) is 2.54. The molecule has 0 saturated heterocycles. The number of benzene rings is 1. The van der Waals surface area contributed by atoms with Crippen molar-refractivity contribution in [1.29, 1.82) is 0 Å². The smallest absolute Gasteiger partial charge is 0.0529 e. The average molecular weight is 263 g/mol. The first-order valence-corrected chi connectivity index (χ1v) is 9.64. The molecule has 1 unspecified atom stereocenters. The van der Waals surface area contributed by atoms with Crippen LogP contribution in [0.25, 0.3) is 0 Å². The molecule has 1 aliphatic carbocycles. The minimum absolute atomic E-state index is 0.0373. The van der Waals surface area contributed by atoms with Crippen LogP contribution in [0.3, 0.4) is 0 Å². The summed E-state index contributed by atoms with van der Waals surface area (Å²) in [7, 11) is -1.73. The van der Waals surface area contributed by atoms with Crippen molar-refractivity contribution in [3.63, 3.8) is 0 Å². The van der Waals surface area contributed by atoms with Gasteiger partial charge in [0.15, 0.2) is 0 Å². The molecule has 0 bridgehead atoms. The summed E-state index contributed by atoms with van der Waals surface area (Å²) in [4.78, 5) is 0. The fraction of sp³-hybridized carbons (Fsp3) is 0.600. The minimum atomic E-state index is -1.73. The first-order valence-electron chi connectivity index (χ1n) is 6.73. The fourth-order valence-electron chi connectivity index (χ4n) is 2.26. The first kappa shape index (κ1) is 13.8. The van der Waals surface area contributed by atoms with E-state index in [0.29, 0.717) is 0 Å². The summed E-state index contributed by atoms with van der Waals surface area (Å²) in [5, 5.41) is 0.238. The molecule has 0 saturated carbocycles. The molecule has 0 aliphatic heterocycles. The summed E-state index contributed by atoms with van der Waals surface area (Å²) in [5.41, 5.74) is 8.96. The van der Waals surface area contributed by atoms with E-state index < -0.39 is 8.32 Å². The maximum atomic E-state index is 6.47. The molecule has 1 aliphatic rings. The lowest BCUT2D eigenvalue weighted by molar-refractivity contribution is 0.165. The van der Waals surface area contributed by atoms with E-state index in [4.69, 9.17) is 10.2 Å². The quantitative estimate of drug-likeness (QED) is 0.827. The summed E-state index contributed by atoms with van der Waals surface area (Å²) in [6.07, 6.45) is 1.12. The zero-order valence-corrected chi connectivity index (χ0v) is 13.2. The van der Waals surface area contributed by atoms with Crippen molar-refractivity contribution >= 4 is 8.32 Å². The van der Waals surface area contributed by atoms with Crippen molar-refractivity contribution in [2.24, 2.45) is 5.73 Å². The molecule has 0 heterocycles. The van der Waals surface area contributed by atoms with E-state index in [1.165, 1.54) is 11.1 Å². The van der Waals surface area contributed by atoms with E-state index in [0.717, 1.165) is 6.42 Å². The zero-order chi connectivity index (χ0) is 13.6. The van der Waals surface area contributed by atoms with Crippen molar-refractivity contribution in [2.45, 2.75) is 57.5 Å². The van der Waals surface area contributed by atoms with Crippen LogP contribution in [0.4, 0.5) is 0 Å². The standard InChI is InChI=1S/C15H25NOSi/c1-15(2,3)18(4,5)17-13-10-11-8-6-7-9-12(11)14(13)16/h6-9,13-14H,10,16H2,1-5H3/q-1/t13?,14-/m1/s1. The van der Waals surface area contributed by atoms with Crippen LogP contribution < -0.4 is 5.73 Å². The van der Waals surface area contributed by atoms with Crippen LogP contribution >= 0.6 is 0 Å². The molecule has 2 nitrogen and oxygen atoms in total. The number of hydrogen-bond acceptors (Lipinski definition) is 2. The third-order valence-electron chi connectivity index (χ3n) is 4.49. The molecule has 2 rings (SSSR count). The van der Waals surface area contributed by atoms with Crippen LogP contribution in [0.1, 0.15) is 37.9 Å². The second kappa shape index (κ2) is 4.48. The van der Waals surface area contributed by atoms with Crippen LogP contribution in [0.2, 0.25) is 18.1 Å². The monoisotopic (exact) mass is 263 g/mol. The van der Waals surface area contributed by atoms with Crippen LogP contribution in [0, 0.1) is 0 Å². The van der Waals surface area contributed by atoms with E-state index in [1.807, 2.05) is 0 Å². The summed E-state index contributed by atoms with van der Waals surface area (Å²) in [5.74, 6) is 0. The third kappa shape index (κ3) is 2.39. The normalized spacial score (nSPS) is 24.1. The van der Waals surface area contributed by atoms with Gasteiger partial charge in [-0.25, -0.2) is 0 Å². The molecular weight excluding hydrogens is 238 g/mol. The maximum absolute atomic E-state index is 6.47. The van der Waals surface area contributed by atoms with Gasteiger partial charge < -0.3 is 10.2 Å². The summed E-state index contributed by atoms with van der Waals surface area (Å²) in [6.45, 7) is 11.4. The lowest BCUT2D eigenvalue weighted by Crippen LogP contribution is -2.45. The molecule has 18 heavy (non-hydrogen) atoms. The first-order chi connectivity index (χ1) is 8.22. The molecule has 0 fully saturated rings. The highest BCUT2D eigenvalue weighted by Crippen LogP contribution is 2.41.